The van der Waals surface area contributed by atoms with Crippen LogP contribution in [0.3, 0.4) is 0 Å². The predicted molar refractivity (Wildman–Crippen MR) is 80.5 cm³/mol. The Balaban J connectivity index is 1.63. The summed E-state index contributed by atoms with van der Waals surface area (Å²) in [5.41, 5.74) is 7.49. The fourth-order valence-electron chi connectivity index (χ4n) is 5.68. The molecule has 0 unspecified atom stereocenters. The quantitative estimate of drug-likeness (QED) is 0.916. The first-order chi connectivity index (χ1) is 9.68. The lowest BCUT2D eigenvalue weighted by Gasteiger charge is -2.56. The molecule has 0 saturated heterocycles. The molecule has 4 bridgehead atoms. The topological polar surface area (TPSA) is 43.8 Å². The van der Waals surface area contributed by atoms with E-state index >= 15 is 0 Å². The Labute approximate surface area is 122 Å². The average Bonchev–Trinajstić information content (AvgIpc) is 2.77. The summed E-state index contributed by atoms with van der Waals surface area (Å²) in [5, 5.41) is 0. The molecule has 0 atom stereocenters. The molecule has 0 spiro atoms. The van der Waals surface area contributed by atoms with Crippen molar-refractivity contribution in [2.45, 2.75) is 63.8 Å². The highest BCUT2D eigenvalue weighted by atomic mass is 15.1. The van der Waals surface area contributed by atoms with Gasteiger partial charge in [0.25, 0.3) is 0 Å². The van der Waals surface area contributed by atoms with Crippen molar-refractivity contribution < 1.29 is 0 Å². The molecule has 1 aromatic rings. The molecule has 0 aromatic carbocycles. The minimum Gasteiger partial charge on any atom is -0.335 e. The highest BCUT2D eigenvalue weighted by molar-refractivity contribution is 5.22. The molecule has 4 fully saturated rings. The second-order valence-electron chi connectivity index (χ2n) is 7.71. The molecule has 0 radical (unpaired) electrons. The van der Waals surface area contributed by atoms with Crippen LogP contribution in [-0.2, 0) is 12.0 Å². The van der Waals surface area contributed by atoms with Gasteiger partial charge < -0.3 is 10.3 Å². The number of nitrogens with zero attached hydrogens (tertiary/aromatic N) is 2. The summed E-state index contributed by atoms with van der Waals surface area (Å²) in [6.45, 7) is 3.95. The number of aromatic nitrogens is 2. The zero-order chi connectivity index (χ0) is 13.7. The summed E-state index contributed by atoms with van der Waals surface area (Å²) in [6, 6.07) is 0. The van der Waals surface area contributed by atoms with Gasteiger partial charge in [-0.05, 0) is 76.2 Å². The third-order valence-corrected chi connectivity index (χ3v) is 6.16. The molecule has 5 rings (SSSR count). The van der Waals surface area contributed by atoms with Crippen LogP contribution in [0.25, 0.3) is 0 Å². The van der Waals surface area contributed by atoms with Crippen LogP contribution in [0, 0.1) is 24.7 Å². The van der Waals surface area contributed by atoms with E-state index < -0.39 is 0 Å². The molecular formula is C17H27N3. The van der Waals surface area contributed by atoms with Crippen molar-refractivity contribution in [1.82, 2.24) is 9.55 Å². The third kappa shape index (κ3) is 1.93. The molecule has 4 aliphatic rings. The summed E-state index contributed by atoms with van der Waals surface area (Å²) >= 11 is 0. The molecule has 1 heterocycles. The first-order valence-corrected chi connectivity index (χ1v) is 8.43. The molecule has 4 aliphatic carbocycles. The fourth-order valence-corrected chi connectivity index (χ4v) is 5.68. The van der Waals surface area contributed by atoms with E-state index in [1.165, 1.54) is 50.0 Å². The smallest absolute Gasteiger partial charge is 0.105 e. The maximum Gasteiger partial charge on any atom is 0.105 e. The maximum atomic E-state index is 5.65. The second-order valence-corrected chi connectivity index (χ2v) is 7.71. The van der Waals surface area contributed by atoms with Crippen LogP contribution in [0.5, 0.6) is 0 Å². The monoisotopic (exact) mass is 273 g/mol. The number of aryl methyl sites for hydroxylation is 2. The summed E-state index contributed by atoms with van der Waals surface area (Å²) in [6.07, 6.45) is 12.2. The van der Waals surface area contributed by atoms with Crippen LogP contribution in [0.1, 0.15) is 56.5 Å². The van der Waals surface area contributed by atoms with Gasteiger partial charge in [0, 0.05) is 18.2 Å². The van der Waals surface area contributed by atoms with E-state index in [-0.39, 0.29) is 0 Å². The molecule has 4 saturated carbocycles. The highest BCUT2D eigenvalue weighted by Crippen LogP contribution is 2.60. The number of imidazole rings is 1. The molecular weight excluding hydrogens is 246 g/mol. The van der Waals surface area contributed by atoms with Crippen molar-refractivity contribution in [1.29, 1.82) is 0 Å². The summed E-state index contributed by atoms with van der Waals surface area (Å²) in [7, 11) is 0. The van der Waals surface area contributed by atoms with Crippen LogP contribution in [0.2, 0.25) is 0 Å². The Bertz CT molecular complexity index is 467. The minimum atomic E-state index is 0.438. The molecule has 2 N–H and O–H groups in total. The van der Waals surface area contributed by atoms with Crippen molar-refractivity contribution in [3.8, 4) is 0 Å². The summed E-state index contributed by atoms with van der Waals surface area (Å²) in [5.74, 6) is 4.17. The Kier molecular flexibility index (Phi) is 2.95. The lowest BCUT2D eigenvalue weighted by molar-refractivity contribution is -0.00709. The summed E-state index contributed by atoms with van der Waals surface area (Å²) in [4.78, 5) is 4.98. The van der Waals surface area contributed by atoms with E-state index in [0.29, 0.717) is 5.41 Å². The van der Waals surface area contributed by atoms with Gasteiger partial charge in [-0.25, -0.2) is 4.98 Å². The largest absolute Gasteiger partial charge is 0.335 e. The first kappa shape index (κ1) is 12.9. The normalized spacial score (nSPS) is 38.6. The predicted octanol–water partition coefficient (Wildman–Crippen LogP) is 3.01. The van der Waals surface area contributed by atoms with Crippen LogP contribution >= 0.6 is 0 Å². The lowest BCUT2D eigenvalue weighted by Crippen LogP contribution is -2.48. The van der Waals surface area contributed by atoms with Crippen LogP contribution in [-0.4, -0.2) is 16.1 Å². The summed E-state index contributed by atoms with van der Waals surface area (Å²) < 4.78 is 2.33. The molecule has 110 valence electrons. The van der Waals surface area contributed by atoms with E-state index in [4.69, 9.17) is 10.7 Å². The van der Waals surface area contributed by atoms with Gasteiger partial charge in [-0.15, -0.1) is 0 Å². The molecule has 3 nitrogen and oxygen atoms in total. The number of hydrogen-bond donors (Lipinski definition) is 1. The van der Waals surface area contributed by atoms with Gasteiger partial charge in [-0.3, -0.25) is 0 Å². The number of nitrogens with two attached hydrogens (primary N) is 1. The molecule has 20 heavy (non-hydrogen) atoms. The van der Waals surface area contributed by atoms with Crippen LogP contribution in [0.4, 0.5) is 0 Å². The van der Waals surface area contributed by atoms with E-state index in [0.717, 1.165) is 37.3 Å². The molecule has 1 aromatic heterocycles. The standard InChI is InChI=1S/C17H27N3/c1-12-19-16(11-20(12)4-2-3-18)17-8-13-5-14(9-17)7-15(6-13)10-17/h11,13-15H,2-10,18H2,1H3. The van der Waals surface area contributed by atoms with Crippen molar-refractivity contribution in [3.05, 3.63) is 17.7 Å². The van der Waals surface area contributed by atoms with Crippen molar-refractivity contribution in [2.24, 2.45) is 23.5 Å². The first-order valence-electron chi connectivity index (χ1n) is 8.43. The molecule has 3 heteroatoms. The zero-order valence-corrected chi connectivity index (χ0v) is 12.6. The Morgan fingerprint density at radius 1 is 1.20 bits per heavy atom. The van der Waals surface area contributed by atoms with Crippen molar-refractivity contribution >= 4 is 0 Å². The van der Waals surface area contributed by atoms with Crippen LogP contribution in [0.15, 0.2) is 6.20 Å². The van der Waals surface area contributed by atoms with Crippen LogP contribution < -0.4 is 5.73 Å². The van der Waals surface area contributed by atoms with Gasteiger partial charge in [-0.2, -0.15) is 0 Å². The van der Waals surface area contributed by atoms with Gasteiger partial charge in [0.15, 0.2) is 0 Å². The number of hydrogen-bond acceptors (Lipinski definition) is 2. The van der Waals surface area contributed by atoms with Gasteiger partial charge in [-0.1, -0.05) is 0 Å². The fraction of sp³-hybridized carbons (Fsp3) is 0.824. The van der Waals surface area contributed by atoms with Crippen molar-refractivity contribution in [2.75, 3.05) is 6.54 Å². The maximum absolute atomic E-state index is 5.65. The van der Waals surface area contributed by atoms with E-state index in [2.05, 4.69) is 17.7 Å². The third-order valence-electron chi connectivity index (χ3n) is 6.16. The van der Waals surface area contributed by atoms with E-state index in [1.54, 1.807) is 0 Å². The Morgan fingerprint density at radius 2 is 1.80 bits per heavy atom. The van der Waals surface area contributed by atoms with Gasteiger partial charge in [0.2, 0.25) is 0 Å². The van der Waals surface area contributed by atoms with E-state index in [9.17, 15) is 0 Å². The van der Waals surface area contributed by atoms with E-state index in [1.807, 2.05) is 0 Å². The minimum absolute atomic E-state index is 0.438. The SMILES string of the molecule is Cc1nc(C23CC4CC(CC(C4)C2)C3)cn1CCCN. The highest BCUT2D eigenvalue weighted by Gasteiger charge is 2.52. The lowest BCUT2D eigenvalue weighted by atomic mass is 9.49. The van der Waals surface area contributed by atoms with Gasteiger partial charge in [0.1, 0.15) is 5.82 Å². The van der Waals surface area contributed by atoms with Gasteiger partial charge >= 0.3 is 0 Å². The zero-order valence-electron chi connectivity index (χ0n) is 12.6. The number of rotatable bonds is 4. The van der Waals surface area contributed by atoms with Crippen molar-refractivity contribution in [3.63, 3.8) is 0 Å². The van der Waals surface area contributed by atoms with Gasteiger partial charge in [0.05, 0.1) is 5.69 Å². The Morgan fingerprint density at radius 3 is 2.35 bits per heavy atom. The molecule has 0 aliphatic heterocycles. The average molecular weight is 273 g/mol. The molecule has 0 amide bonds. The second kappa shape index (κ2) is 4.59. The Hall–Kier alpha value is -0.830.